The second kappa shape index (κ2) is 5.41. The van der Waals surface area contributed by atoms with Gasteiger partial charge in [0.05, 0.1) is 11.4 Å². The molecular weight excluding hydrogens is 260 g/mol. The summed E-state index contributed by atoms with van der Waals surface area (Å²) >= 11 is 0. The van der Waals surface area contributed by atoms with Crippen LogP contribution in [0.1, 0.15) is 18.4 Å². The summed E-state index contributed by atoms with van der Waals surface area (Å²) in [6.45, 7) is 2.29. The van der Waals surface area contributed by atoms with Crippen LogP contribution in [0.15, 0.2) is 42.5 Å². The Balaban J connectivity index is 1.63. The zero-order chi connectivity index (χ0) is 14.1. The van der Waals surface area contributed by atoms with Crippen molar-refractivity contribution in [2.45, 2.75) is 19.3 Å². The van der Waals surface area contributed by atoms with E-state index in [1.54, 1.807) is 0 Å². The first-order chi connectivity index (χ1) is 10.4. The number of benzene rings is 2. The SMILES string of the molecule is c1ccc2c(c1)Nc1c(CC3CCNCC3)cccc1O2. The molecular formula is C18H20N2O. The molecule has 3 nitrogen and oxygen atoms in total. The molecule has 1 fully saturated rings. The predicted octanol–water partition coefficient (Wildman–Crippen LogP) is 4.08. The van der Waals surface area contributed by atoms with Crippen molar-refractivity contribution in [3.05, 3.63) is 48.0 Å². The highest BCUT2D eigenvalue weighted by Crippen LogP contribution is 2.44. The minimum Gasteiger partial charge on any atom is -0.453 e. The van der Waals surface area contributed by atoms with Gasteiger partial charge >= 0.3 is 0 Å². The van der Waals surface area contributed by atoms with Gasteiger partial charge in [0.25, 0.3) is 0 Å². The lowest BCUT2D eigenvalue weighted by Crippen LogP contribution is -2.28. The van der Waals surface area contributed by atoms with Crippen LogP contribution in [0.5, 0.6) is 11.5 Å². The van der Waals surface area contributed by atoms with Gasteiger partial charge in [0.15, 0.2) is 11.5 Å². The average molecular weight is 280 g/mol. The molecule has 21 heavy (non-hydrogen) atoms. The summed E-state index contributed by atoms with van der Waals surface area (Å²) < 4.78 is 6.03. The zero-order valence-corrected chi connectivity index (χ0v) is 12.1. The van der Waals surface area contributed by atoms with Gasteiger partial charge in [0, 0.05) is 0 Å². The largest absolute Gasteiger partial charge is 0.453 e. The smallest absolute Gasteiger partial charge is 0.151 e. The van der Waals surface area contributed by atoms with E-state index in [-0.39, 0.29) is 0 Å². The third kappa shape index (κ3) is 2.49. The van der Waals surface area contributed by atoms with E-state index in [0.717, 1.165) is 48.3 Å². The fraction of sp³-hybridized carbons (Fsp3) is 0.333. The number of rotatable bonds is 2. The molecule has 0 radical (unpaired) electrons. The van der Waals surface area contributed by atoms with E-state index in [9.17, 15) is 0 Å². The molecule has 0 aliphatic carbocycles. The van der Waals surface area contributed by atoms with Crippen molar-refractivity contribution < 1.29 is 4.74 Å². The van der Waals surface area contributed by atoms with E-state index in [0.29, 0.717) is 0 Å². The molecule has 0 amide bonds. The normalized spacial score (nSPS) is 17.3. The Morgan fingerprint density at radius 1 is 0.952 bits per heavy atom. The highest BCUT2D eigenvalue weighted by atomic mass is 16.5. The first kappa shape index (κ1) is 12.7. The van der Waals surface area contributed by atoms with E-state index in [1.165, 1.54) is 18.4 Å². The number of anilines is 2. The third-order valence-corrected chi connectivity index (χ3v) is 4.45. The highest BCUT2D eigenvalue weighted by Gasteiger charge is 2.21. The highest BCUT2D eigenvalue weighted by molar-refractivity contribution is 5.77. The Labute approximate surface area is 125 Å². The predicted molar refractivity (Wildman–Crippen MR) is 85.5 cm³/mol. The molecule has 108 valence electrons. The molecule has 0 unspecified atom stereocenters. The van der Waals surface area contributed by atoms with E-state index in [2.05, 4.69) is 28.8 Å². The van der Waals surface area contributed by atoms with Crippen LogP contribution >= 0.6 is 0 Å². The van der Waals surface area contributed by atoms with E-state index in [1.807, 2.05) is 24.3 Å². The molecule has 0 bridgehead atoms. The van der Waals surface area contributed by atoms with Crippen molar-refractivity contribution in [2.75, 3.05) is 18.4 Å². The molecule has 4 rings (SSSR count). The number of piperidine rings is 1. The van der Waals surface area contributed by atoms with Gasteiger partial charge in [-0.05, 0) is 62.0 Å². The first-order valence-electron chi connectivity index (χ1n) is 7.77. The summed E-state index contributed by atoms with van der Waals surface area (Å²) in [4.78, 5) is 0. The van der Waals surface area contributed by atoms with Gasteiger partial charge in [0.2, 0.25) is 0 Å². The second-order valence-corrected chi connectivity index (χ2v) is 5.91. The van der Waals surface area contributed by atoms with Crippen LogP contribution in [0.3, 0.4) is 0 Å². The van der Waals surface area contributed by atoms with Gasteiger partial charge in [-0.3, -0.25) is 0 Å². The average Bonchev–Trinajstić information content (AvgIpc) is 2.54. The van der Waals surface area contributed by atoms with Gasteiger partial charge in [-0.2, -0.15) is 0 Å². The van der Waals surface area contributed by atoms with Crippen LogP contribution in [0.4, 0.5) is 11.4 Å². The molecule has 2 aliphatic heterocycles. The number of para-hydroxylation sites is 3. The Bertz CT molecular complexity index is 647. The second-order valence-electron chi connectivity index (χ2n) is 5.91. The molecule has 2 N–H and O–H groups in total. The van der Waals surface area contributed by atoms with Gasteiger partial charge in [0.1, 0.15) is 0 Å². The molecule has 1 saturated heterocycles. The van der Waals surface area contributed by atoms with Crippen LogP contribution in [-0.2, 0) is 6.42 Å². The number of hydrogen-bond acceptors (Lipinski definition) is 3. The molecule has 0 saturated carbocycles. The quantitative estimate of drug-likeness (QED) is 0.742. The number of nitrogens with one attached hydrogen (secondary N) is 2. The molecule has 0 aromatic heterocycles. The molecule has 2 aromatic rings. The maximum atomic E-state index is 6.03. The maximum Gasteiger partial charge on any atom is 0.151 e. The van der Waals surface area contributed by atoms with Crippen LogP contribution in [0.25, 0.3) is 0 Å². The minimum absolute atomic E-state index is 0.775. The number of ether oxygens (including phenoxy) is 1. The molecule has 2 aliphatic rings. The zero-order valence-electron chi connectivity index (χ0n) is 12.1. The Kier molecular flexibility index (Phi) is 3.28. The lowest BCUT2D eigenvalue weighted by atomic mass is 9.90. The van der Waals surface area contributed by atoms with Gasteiger partial charge in [-0.1, -0.05) is 24.3 Å². The summed E-state index contributed by atoms with van der Waals surface area (Å²) in [7, 11) is 0. The van der Waals surface area contributed by atoms with Gasteiger partial charge < -0.3 is 15.4 Å². The van der Waals surface area contributed by atoms with Gasteiger partial charge in [-0.25, -0.2) is 0 Å². The molecule has 0 spiro atoms. The summed E-state index contributed by atoms with van der Waals surface area (Å²) in [5.41, 5.74) is 3.58. The van der Waals surface area contributed by atoms with Crippen LogP contribution in [0.2, 0.25) is 0 Å². The van der Waals surface area contributed by atoms with Crippen molar-refractivity contribution in [3.8, 4) is 11.5 Å². The Hall–Kier alpha value is -2.00. The maximum absolute atomic E-state index is 6.03. The third-order valence-electron chi connectivity index (χ3n) is 4.45. The summed E-state index contributed by atoms with van der Waals surface area (Å²) in [6.07, 6.45) is 3.66. The van der Waals surface area contributed by atoms with E-state index in [4.69, 9.17) is 4.74 Å². The number of fused-ring (bicyclic) bond motifs is 2. The standard InChI is InChI=1S/C18H20N2O/c1-2-6-16-15(5-1)20-18-14(4-3-7-17(18)21-16)12-13-8-10-19-11-9-13/h1-7,13,19-20H,8-12H2. The summed E-state index contributed by atoms with van der Waals surface area (Å²) in [6, 6.07) is 14.5. The minimum atomic E-state index is 0.775. The Morgan fingerprint density at radius 2 is 1.76 bits per heavy atom. The van der Waals surface area contributed by atoms with E-state index >= 15 is 0 Å². The van der Waals surface area contributed by atoms with Crippen LogP contribution in [0, 0.1) is 5.92 Å². The molecule has 2 heterocycles. The lowest BCUT2D eigenvalue weighted by Gasteiger charge is -2.27. The van der Waals surface area contributed by atoms with Gasteiger partial charge in [-0.15, -0.1) is 0 Å². The summed E-state index contributed by atoms with van der Waals surface area (Å²) in [5, 5.41) is 6.99. The Morgan fingerprint density at radius 3 is 2.67 bits per heavy atom. The monoisotopic (exact) mass is 280 g/mol. The first-order valence-corrected chi connectivity index (χ1v) is 7.77. The number of hydrogen-bond donors (Lipinski definition) is 2. The molecule has 0 atom stereocenters. The topological polar surface area (TPSA) is 33.3 Å². The lowest BCUT2D eigenvalue weighted by molar-refractivity contribution is 0.372. The van der Waals surface area contributed by atoms with Crippen molar-refractivity contribution in [2.24, 2.45) is 5.92 Å². The van der Waals surface area contributed by atoms with Crippen molar-refractivity contribution in [1.29, 1.82) is 0 Å². The fourth-order valence-electron chi connectivity index (χ4n) is 3.28. The van der Waals surface area contributed by atoms with Crippen molar-refractivity contribution >= 4 is 11.4 Å². The fourth-order valence-corrected chi connectivity index (χ4v) is 3.28. The molecule has 3 heteroatoms. The van der Waals surface area contributed by atoms with E-state index < -0.39 is 0 Å². The van der Waals surface area contributed by atoms with Crippen molar-refractivity contribution in [3.63, 3.8) is 0 Å². The molecule has 2 aromatic carbocycles. The van der Waals surface area contributed by atoms with Crippen molar-refractivity contribution in [1.82, 2.24) is 5.32 Å². The summed E-state index contributed by atoms with van der Waals surface area (Å²) in [5.74, 6) is 2.63. The van der Waals surface area contributed by atoms with Crippen LogP contribution in [-0.4, -0.2) is 13.1 Å². The van der Waals surface area contributed by atoms with Crippen LogP contribution < -0.4 is 15.4 Å².